The zero-order valence-corrected chi connectivity index (χ0v) is 14.8. The lowest BCUT2D eigenvalue weighted by atomic mass is 10.3. The first-order valence-corrected chi connectivity index (χ1v) is 9.34. The van der Waals surface area contributed by atoms with E-state index in [1.807, 2.05) is 22.2 Å². The van der Waals surface area contributed by atoms with Gasteiger partial charge in [-0.15, -0.1) is 11.3 Å². The van der Waals surface area contributed by atoms with Crippen LogP contribution in [0.2, 0.25) is 0 Å². The van der Waals surface area contributed by atoms with Gasteiger partial charge in [-0.3, -0.25) is 0 Å². The predicted octanol–water partition coefficient (Wildman–Crippen LogP) is 6.08. The number of pyridine rings is 1. The lowest BCUT2D eigenvalue weighted by Crippen LogP contribution is -1.96. The van der Waals surface area contributed by atoms with Gasteiger partial charge < -0.3 is 10.1 Å². The Morgan fingerprint density at radius 1 is 1.04 bits per heavy atom. The molecule has 0 saturated carbocycles. The van der Waals surface area contributed by atoms with E-state index in [-0.39, 0.29) is 5.75 Å². The zero-order chi connectivity index (χ0) is 17.9. The lowest BCUT2D eigenvalue weighted by Gasteiger charge is -2.09. The van der Waals surface area contributed by atoms with Crippen molar-refractivity contribution in [3.63, 3.8) is 0 Å². The first-order chi connectivity index (χ1) is 12.7. The summed E-state index contributed by atoms with van der Waals surface area (Å²) in [6.45, 7) is 0. The molecule has 4 rings (SSSR count). The van der Waals surface area contributed by atoms with Crippen LogP contribution in [0.1, 0.15) is 0 Å². The minimum Gasteiger partial charge on any atom is -0.451 e. The van der Waals surface area contributed by atoms with Crippen molar-refractivity contribution in [3.05, 3.63) is 70.4 Å². The van der Waals surface area contributed by atoms with Crippen LogP contribution in [0.3, 0.4) is 0 Å². The molecule has 0 radical (unpaired) electrons. The first kappa shape index (κ1) is 16.6. The number of nitrogens with zero attached hydrogens (tertiary/aromatic N) is 2. The number of benzene rings is 1. The molecule has 0 bridgehead atoms. The van der Waals surface area contributed by atoms with Crippen LogP contribution >= 0.6 is 22.7 Å². The SMILES string of the molecule is Fc1cccc(F)c1Oc1ccnc(Nc2nc(-c3ccsc3)cs2)c1. The summed E-state index contributed by atoms with van der Waals surface area (Å²) < 4.78 is 32.8. The normalized spacial score (nSPS) is 10.7. The van der Waals surface area contributed by atoms with Gasteiger partial charge in [0.05, 0.1) is 5.69 Å². The molecule has 4 nitrogen and oxygen atoms in total. The maximum Gasteiger partial charge on any atom is 0.198 e. The molecule has 0 aliphatic heterocycles. The lowest BCUT2D eigenvalue weighted by molar-refractivity contribution is 0.407. The number of para-hydroxylation sites is 1. The van der Waals surface area contributed by atoms with Gasteiger partial charge in [0.25, 0.3) is 0 Å². The molecule has 0 aliphatic carbocycles. The number of anilines is 2. The van der Waals surface area contributed by atoms with Gasteiger partial charge in [0.1, 0.15) is 11.6 Å². The van der Waals surface area contributed by atoms with Crippen molar-refractivity contribution >= 4 is 33.6 Å². The summed E-state index contributed by atoms with van der Waals surface area (Å²) in [6.07, 6.45) is 1.49. The number of nitrogens with one attached hydrogen (secondary N) is 1. The van der Waals surface area contributed by atoms with Crippen molar-refractivity contribution < 1.29 is 13.5 Å². The fourth-order valence-corrected chi connectivity index (χ4v) is 3.60. The molecule has 3 aromatic heterocycles. The minimum atomic E-state index is -0.767. The number of thiophene rings is 1. The average Bonchev–Trinajstić information content (AvgIpc) is 3.30. The molecule has 0 unspecified atom stereocenters. The minimum absolute atomic E-state index is 0.265. The number of thiazole rings is 1. The third-order valence-corrected chi connectivity index (χ3v) is 4.87. The Morgan fingerprint density at radius 3 is 2.65 bits per heavy atom. The van der Waals surface area contributed by atoms with Gasteiger partial charge in [0.2, 0.25) is 0 Å². The number of ether oxygens (including phenoxy) is 1. The van der Waals surface area contributed by atoms with E-state index in [0.29, 0.717) is 10.9 Å². The molecule has 3 heterocycles. The maximum absolute atomic E-state index is 13.7. The van der Waals surface area contributed by atoms with E-state index >= 15 is 0 Å². The summed E-state index contributed by atoms with van der Waals surface area (Å²) in [4.78, 5) is 8.69. The Balaban J connectivity index is 1.53. The highest BCUT2D eigenvalue weighted by atomic mass is 32.1. The van der Waals surface area contributed by atoms with E-state index in [0.717, 1.165) is 23.4 Å². The molecule has 1 N–H and O–H groups in total. The Kier molecular flexibility index (Phi) is 4.59. The number of hydrogen-bond acceptors (Lipinski definition) is 6. The average molecular weight is 387 g/mol. The molecule has 0 spiro atoms. The third-order valence-electron chi connectivity index (χ3n) is 3.43. The van der Waals surface area contributed by atoms with Gasteiger partial charge in [-0.1, -0.05) is 6.07 Å². The number of aromatic nitrogens is 2. The predicted molar refractivity (Wildman–Crippen MR) is 99.4 cm³/mol. The van der Waals surface area contributed by atoms with Crippen LogP contribution in [0.5, 0.6) is 11.5 Å². The quantitative estimate of drug-likeness (QED) is 0.451. The summed E-state index contributed by atoms with van der Waals surface area (Å²) in [6, 6.07) is 8.64. The standard InChI is InChI=1S/C18H11F2N3OS2/c19-13-2-1-3-14(20)17(13)24-12-4-6-21-16(8-12)23-18-22-15(10-26-18)11-5-7-25-9-11/h1-10H,(H,21,22,23). The Bertz CT molecular complexity index is 1010. The van der Waals surface area contributed by atoms with E-state index < -0.39 is 17.4 Å². The van der Waals surface area contributed by atoms with Crippen molar-refractivity contribution in [2.45, 2.75) is 0 Å². The maximum atomic E-state index is 13.7. The van der Waals surface area contributed by atoms with Crippen molar-refractivity contribution in [3.8, 4) is 22.8 Å². The Hall–Kier alpha value is -2.84. The number of halogens is 2. The van der Waals surface area contributed by atoms with E-state index in [4.69, 9.17) is 4.74 Å². The van der Waals surface area contributed by atoms with Crippen LogP contribution in [-0.4, -0.2) is 9.97 Å². The molecule has 0 atom stereocenters. The molecule has 26 heavy (non-hydrogen) atoms. The highest BCUT2D eigenvalue weighted by Gasteiger charge is 2.12. The molecular formula is C18H11F2N3OS2. The molecule has 4 aromatic rings. The summed E-state index contributed by atoms with van der Waals surface area (Å²) in [7, 11) is 0. The summed E-state index contributed by atoms with van der Waals surface area (Å²) in [5.41, 5.74) is 1.93. The van der Waals surface area contributed by atoms with E-state index in [1.54, 1.807) is 17.4 Å². The van der Waals surface area contributed by atoms with Crippen LogP contribution in [0.25, 0.3) is 11.3 Å². The second-order valence-corrected chi connectivity index (χ2v) is 6.84. The van der Waals surface area contributed by atoms with Crippen molar-refractivity contribution in [1.29, 1.82) is 0 Å². The third kappa shape index (κ3) is 3.56. The van der Waals surface area contributed by atoms with Crippen LogP contribution in [0.4, 0.5) is 19.7 Å². The fourth-order valence-electron chi connectivity index (χ4n) is 2.22. The van der Waals surface area contributed by atoms with Crippen LogP contribution < -0.4 is 10.1 Å². The fraction of sp³-hybridized carbons (Fsp3) is 0. The van der Waals surface area contributed by atoms with Gasteiger partial charge in [0, 0.05) is 28.6 Å². The van der Waals surface area contributed by atoms with Crippen LogP contribution in [0.15, 0.2) is 58.7 Å². The van der Waals surface area contributed by atoms with Gasteiger partial charge in [-0.2, -0.15) is 11.3 Å². The molecule has 0 aliphatic rings. The van der Waals surface area contributed by atoms with E-state index in [9.17, 15) is 8.78 Å². The summed E-state index contributed by atoms with van der Waals surface area (Å²) >= 11 is 3.05. The van der Waals surface area contributed by atoms with Crippen molar-refractivity contribution in [1.82, 2.24) is 9.97 Å². The molecular weight excluding hydrogens is 376 g/mol. The van der Waals surface area contributed by atoms with Crippen LogP contribution in [0, 0.1) is 11.6 Å². The smallest absolute Gasteiger partial charge is 0.198 e. The number of rotatable bonds is 5. The second kappa shape index (κ2) is 7.19. The molecule has 130 valence electrons. The van der Waals surface area contributed by atoms with Crippen molar-refractivity contribution in [2.24, 2.45) is 0 Å². The topological polar surface area (TPSA) is 47.0 Å². The summed E-state index contributed by atoms with van der Waals surface area (Å²) in [5.74, 6) is -1.25. The highest BCUT2D eigenvalue weighted by molar-refractivity contribution is 7.14. The molecule has 8 heteroatoms. The van der Waals surface area contributed by atoms with Gasteiger partial charge >= 0.3 is 0 Å². The van der Waals surface area contributed by atoms with Gasteiger partial charge in [0.15, 0.2) is 22.5 Å². The zero-order valence-electron chi connectivity index (χ0n) is 13.1. The first-order valence-electron chi connectivity index (χ1n) is 7.52. The monoisotopic (exact) mass is 387 g/mol. The van der Waals surface area contributed by atoms with Crippen molar-refractivity contribution in [2.75, 3.05) is 5.32 Å². The highest BCUT2D eigenvalue weighted by Crippen LogP contribution is 2.31. The van der Waals surface area contributed by atoms with Gasteiger partial charge in [-0.25, -0.2) is 18.7 Å². The Morgan fingerprint density at radius 2 is 1.88 bits per heavy atom. The summed E-state index contributed by atoms with van der Waals surface area (Å²) in [5, 5.41) is 9.69. The van der Waals surface area contributed by atoms with Gasteiger partial charge in [-0.05, 0) is 29.6 Å². The number of hydrogen-bond donors (Lipinski definition) is 1. The largest absolute Gasteiger partial charge is 0.451 e. The second-order valence-electron chi connectivity index (χ2n) is 5.20. The molecule has 0 amide bonds. The molecule has 1 aromatic carbocycles. The molecule has 0 fully saturated rings. The van der Waals surface area contributed by atoms with Crippen LogP contribution in [-0.2, 0) is 0 Å². The van der Waals surface area contributed by atoms with E-state index in [2.05, 4.69) is 15.3 Å². The van der Waals surface area contributed by atoms with E-state index in [1.165, 1.54) is 29.7 Å². The molecule has 0 saturated heterocycles. The Labute approximate surface area is 155 Å².